The molecule has 0 unspecified atom stereocenters. The highest BCUT2D eigenvalue weighted by atomic mass is 32.1. The third-order valence-corrected chi connectivity index (χ3v) is 2.59. The molecule has 0 aliphatic carbocycles. The normalized spacial score (nSPS) is 8.71. The summed E-state index contributed by atoms with van der Waals surface area (Å²) in [5, 5.41) is 0. The minimum Gasteiger partial charge on any atom is -0.459 e. The van der Waals surface area contributed by atoms with E-state index in [1.807, 2.05) is 6.92 Å². The molecule has 1 rings (SSSR count). The summed E-state index contributed by atoms with van der Waals surface area (Å²) < 4.78 is 4.37. The fourth-order valence-electron chi connectivity index (χ4n) is 0.848. The van der Waals surface area contributed by atoms with E-state index in [0.29, 0.717) is 4.88 Å². The summed E-state index contributed by atoms with van der Waals surface area (Å²) >= 11 is 1.26. The van der Waals surface area contributed by atoms with Crippen LogP contribution in [0, 0.1) is 18.8 Å². The molecular weight excluding hydrogens is 200 g/mol. The molecular formula is C10H8O3S. The van der Waals surface area contributed by atoms with Crippen molar-refractivity contribution in [3.8, 4) is 11.8 Å². The maximum Gasteiger partial charge on any atom is 0.384 e. The molecule has 4 heteroatoms. The smallest absolute Gasteiger partial charge is 0.384 e. The first-order valence-corrected chi connectivity index (χ1v) is 4.64. The second-order valence-corrected chi connectivity index (χ2v) is 3.60. The number of carbonyl (C=O) groups is 2. The fraction of sp³-hybridized carbons (Fsp3) is 0.200. The largest absolute Gasteiger partial charge is 0.459 e. The van der Waals surface area contributed by atoms with Crippen LogP contribution in [-0.2, 0) is 9.53 Å². The predicted molar refractivity (Wildman–Crippen MR) is 53.3 cm³/mol. The van der Waals surface area contributed by atoms with Crippen LogP contribution in [0.4, 0.5) is 0 Å². The second kappa shape index (κ2) is 4.58. The Hall–Kier alpha value is -1.60. The summed E-state index contributed by atoms with van der Waals surface area (Å²) in [6, 6.07) is 1.74. The SMILES string of the molecule is COC(=O)C#Cc1sc(C=O)cc1C. The van der Waals surface area contributed by atoms with Crippen LogP contribution in [0.25, 0.3) is 0 Å². The van der Waals surface area contributed by atoms with E-state index in [1.54, 1.807) is 6.07 Å². The zero-order valence-electron chi connectivity index (χ0n) is 7.79. The molecule has 0 bridgehead atoms. The van der Waals surface area contributed by atoms with Crippen LogP contribution in [-0.4, -0.2) is 19.4 Å². The van der Waals surface area contributed by atoms with Crippen molar-refractivity contribution < 1.29 is 14.3 Å². The first kappa shape index (κ1) is 10.5. The van der Waals surface area contributed by atoms with E-state index in [-0.39, 0.29) is 0 Å². The van der Waals surface area contributed by atoms with E-state index in [0.717, 1.165) is 16.7 Å². The number of hydrogen-bond donors (Lipinski definition) is 0. The van der Waals surface area contributed by atoms with E-state index in [4.69, 9.17) is 0 Å². The second-order valence-electron chi connectivity index (χ2n) is 2.52. The lowest BCUT2D eigenvalue weighted by Gasteiger charge is -1.85. The number of aryl methyl sites for hydroxylation is 1. The van der Waals surface area contributed by atoms with Crippen LogP contribution in [0.3, 0.4) is 0 Å². The number of methoxy groups -OCH3 is 1. The van der Waals surface area contributed by atoms with Gasteiger partial charge in [-0.3, -0.25) is 4.79 Å². The maximum absolute atomic E-state index is 10.7. The van der Waals surface area contributed by atoms with Crippen molar-refractivity contribution in [2.75, 3.05) is 7.11 Å². The van der Waals surface area contributed by atoms with Gasteiger partial charge in [-0.2, -0.15) is 0 Å². The first-order valence-electron chi connectivity index (χ1n) is 3.83. The van der Waals surface area contributed by atoms with Crippen LogP contribution in [0.5, 0.6) is 0 Å². The minimum absolute atomic E-state index is 0.578. The van der Waals surface area contributed by atoms with Crippen molar-refractivity contribution in [1.29, 1.82) is 0 Å². The van der Waals surface area contributed by atoms with Gasteiger partial charge in [0.1, 0.15) is 0 Å². The lowest BCUT2D eigenvalue weighted by atomic mass is 10.3. The molecule has 72 valence electrons. The highest BCUT2D eigenvalue weighted by Gasteiger charge is 2.02. The number of rotatable bonds is 1. The van der Waals surface area contributed by atoms with Gasteiger partial charge in [-0.1, -0.05) is 0 Å². The topological polar surface area (TPSA) is 43.4 Å². The minimum atomic E-state index is -0.578. The van der Waals surface area contributed by atoms with E-state index in [9.17, 15) is 9.59 Å². The Morgan fingerprint density at radius 3 is 2.86 bits per heavy atom. The molecule has 0 saturated carbocycles. The van der Waals surface area contributed by atoms with Crippen molar-refractivity contribution in [3.63, 3.8) is 0 Å². The molecule has 0 N–H and O–H groups in total. The molecule has 0 aromatic carbocycles. The predicted octanol–water partition coefficient (Wildman–Crippen LogP) is 1.39. The Bertz CT molecular complexity index is 420. The number of thiophene rings is 1. The molecule has 1 heterocycles. The van der Waals surface area contributed by atoms with Gasteiger partial charge in [-0.25, -0.2) is 4.79 Å². The third kappa shape index (κ3) is 2.44. The molecule has 0 aliphatic heterocycles. The van der Waals surface area contributed by atoms with E-state index >= 15 is 0 Å². The third-order valence-electron chi connectivity index (χ3n) is 1.52. The van der Waals surface area contributed by atoms with Crippen molar-refractivity contribution in [1.82, 2.24) is 0 Å². The molecule has 0 amide bonds. The molecule has 0 radical (unpaired) electrons. The van der Waals surface area contributed by atoms with Crippen LogP contribution < -0.4 is 0 Å². The van der Waals surface area contributed by atoms with Gasteiger partial charge in [-0.05, 0) is 24.5 Å². The molecule has 1 aromatic heterocycles. The summed E-state index contributed by atoms with van der Waals surface area (Å²) in [6.07, 6.45) is 0.765. The molecule has 3 nitrogen and oxygen atoms in total. The van der Waals surface area contributed by atoms with Crippen molar-refractivity contribution in [2.45, 2.75) is 6.92 Å². The van der Waals surface area contributed by atoms with Gasteiger partial charge in [-0.15, -0.1) is 11.3 Å². The Morgan fingerprint density at radius 1 is 1.64 bits per heavy atom. The highest BCUT2D eigenvalue weighted by Crippen LogP contribution is 2.18. The van der Waals surface area contributed by atoms with Crippen LogP contribution in [0.1, 0.15) is 20.1 Å². The number of esters is 1. The molecule has 1 aromatic rings. The van der Waals surface area contributed by atoms with E-state index < -0.39 is 5.97 Å². The van der Waals surface area contributed by atoms with E-state index in [1.165, 1.54) is 18.4 Å². The van der Waals surface area contributed by atoms with Gasteiger partial charge in [0.05, 0.1) is 16.9 Å². The number of carbonyl (C=O) groups excluding carboxylic acids is 2. The van der Waals surface area contributed by atoms with Gasteiger partial charge in [0, 0.05) is 5.92 Å². The van der Waals surface area contributed by atoms with E-state index in [2.05, 4.69) is 16.6 Å². The van der Waals surface area contributed by atoms with Gasteiger partial charge in [0.2, 0.25) is 0 Å². The monoisotopic (exact) mass is 208 g/mol. The number of aldehydes is 1. The quantitative estimate of drug-likeness (QED) is 0.398. The van der Waals surface area contributed by atoms with Gasteiger partial charge in [0.25, 0.3) is 0 Å². The highest BCUT2D eigenvalue weighted by molar-refractivity contribution is 7.14. The summed E-state index contributed by atoms with van der Waals surface area (Å²) in [7, 11) is 1.27. The maximum atomic E-state index is 10.7. The van der Waals surface area contributed by atoms with Gasteiger partial charge in [0.15, 0.2) is 6.29 Å². The van der Waals surface area contributed by atoms with Crippen LogP contribution >= 0.6 is 11.3 Å². The van der Waals surface area contributed by atoms with Crippen molar-refractivity contribution in [2.24, 2.45) is 0 Å². The summed E-state index contributed by atoms with van der Waals surface area (Å²) in [5.74, 6) is 4.39. The average Bonchev–Trinajstić information content (AvgIpc) is 2.55. The molecule has 0 atom stereocenters. The average molecular weight is 208 g/mol. The van der Waals surface area contributed by atoms with Crippen LogP contribution in [0.15, 0.2) is 6.07 Å². The van der Waals surface area contributed by atoms with Gasteiger partial charge < -0.3 is 4.74 Å². The summed E-state index contributed by atoms with van der Waals surface area (Å²) in [6.45, 7) is 1.84. The molecule has 14 heavy (non-hydrogen) atoms. The van der Waals surface area contributed by atoms with Crippen molar-refractivity contribution in [3.05, 3.63) is 21.4 Å². The molecule has 0 aliphatic rings. The number of hydrogen-bond acceptors (Lipinski definition) is 4. The van der Waals surface area contributed by atoms with Crippen LogP contribution in [0.2, 0.25) is 0 Å². The lowest BCUT2D eigenvalue weighted by Crippen LogP contribution is -1.94. The van der Waals surface area contributed by atoms with Gasteiger partial charge >= 0.3 is 5.97 Å². The first-order chi connectivity index (χ1) is 6.67. The zero-order valence-corrected chi connectivity index (χ0v) is 8.60. The summed E-state index contributed by atoms with van der Waals surface area (Å²) in [4.78, 5) is 22.5. The Morgan fingerprint density at radius 2 is 2.36 bits per heavy atom. The lowest BCUT2D eigenvalue weighted by molar-refractivity contribution is -0.133. The number of ether oxygens (including phenoxy) is 1. The molecule has 0 fully saturated rings. The Labute approximate surface area is 85.7 Å². The Kier molecular flexibility index (Phi) is 3.43. The molecule has 0 saturated heterocycles. The fourth-order valence-corrected chi connectivity index (χ4v) is 1.69. The molecule has 0 spiro atoms. The standard InChI is InChI=1S/C10H8O3S/c1-7-5-8(6-11)14-9(7)3-4-10(12)13-2/h5-6H,1-2H3. The zero-order chi connectivity index (χ0) is 10.6. The van der Waals surface area contributed by atoms with Crippen molar-refractivity contribution >= 4 is 23.6 Å². The Balaban J connectivity index is 2.94. The summed E-state index contributed by atoms with van der Waals surface area (Å²) in [5.41, 5.74) is 0.897.